The number of benzene rings is 2. The lowest BCUT2D eigenvalue weighted by molar-refractivity contribution is 0.0288. The van der Waals surface area contributed by atoms with Crippen LogP contribution in [0.3, 0.4) is 0 Å². The zero-order valence-corrected chi connectivity index (χ0v) is 17.9. The molecule has 30 heavy (non-hydrogen) atoms. The number of anilines is 1. The van der Waals surface area contributed by atoms with Crippen molar-refractivity contribution in [1.82, 2.24) is 10.2 Å². The van der Waals surface area contributed by atoms with Crippen LogP contribution in [-0.2, 0) is 11.2 Å². The summed E-state index contributed by atoms with van der Waals surface area (Å²) in [7, 11) is 3.37. The van der Waals surface area contributed by atoms with Crippen molar-refractivity contribution < 1.29 is 14.3 Å². The second kappa shape index (κ2) is 9.49. The van der Waals surface area contributed by atoms with Crippen LogP contribution < -0.4 is 15.0 Å². The molecule has 4 rings (SSSR count). The van der Waals surface area contributed by atoms with Crippen LogP contribution in [0.25, 0.3) is 0 Å². The molecule has 1 amide bonds. The first kappa shape index (κ1) is 20.7. The van der Waals surface area contributed by atoms with Crippen LogP contribution in [0.5, 0.6) is 5.75 Å². The molecule has 6 nitrogen and oxygen atoms in total. The third-order valence-electron chi connectivity index (χ3n) is 6.19. The van der Waals surface area contributed by atoms with Crippen LogP contribution in [0.1, 0.15) is 34.0 Å². The summed E-state index contributed by atoms with van der Waals surface area (Å²) in [5.41, 5.74) is 4.47. The van der Waals surface area contributed by atoms with E-state index in [-0.39, 0.29) is 12.0 Å². The van der Waals surface area contributed by atoms with Gasteiger partial charge < -0.3 is 19.7 Å². The van der Waals surface area contributed by atoms with Gasteiger partial charge in [0.2, 0.25) is 0 Å². The van der Waals surface area contributed by atoms with Gasteiger partial charge in [-0.05, 0) is 60.4 Å². The molecular weight excluding hydrogens is 378 g/mol. The number of hydrogen-bond acceptors (Lipinski definition) is 5. The fourth-order valence-electron chi connectivity index (χ4n) is 4.38. The highest BCUT2D eigenvalue weighted by atomic mass is 16.5. The van der Waals surface area contributed by atoms with E-state index in [4.69, 9.17) is 9.47 Å². The average molecular weight is 410 g/mol. The molecule has 1 saturated heterocycles. The standard InChI is InChI=1S/C24H31N3O3/c1-25-24(28)19-3-8-22-18(17-19)10-16-30-23(22)9-11-26-12-14-27(15-13-26)20-4-6-21(29-2)7-5-20/h3-8,17,23H,9-16H2,1-2H3,(H,25,28). The third kappa shape index (κ3) is 4.60. The highest BCUT2D eigenvalue weighted by Crippen LogP contribution is 2.31. The number of piperazine rings is 1. The Morgan fingerprint density at radius 3 is 2.60 bits per heavy atom. The van der Waals surface area contributed by atoms with E-state index < -0.39 is 0 Å². The van der Waals surface area contributed by atoms with Gasteiger partial charge >= 0.3 is 0 Å². The molecule has 0 saturated carbocycles. The zero-order chi connectivity index (χ0) is 20.9. The minimum absolute atomic E-state index is 0.0319. The lowest BCUT2D eigenvalue weighted by Crippen LogP contribution is -2.46. The summed E-state index contributed by atoms with van der Waals surface area (Å²) in [6.45, 7) is 5.92. The van der Waals surface area contributed by atoms with Gasteiger partial charge in [0.1, 0.15) is 5.75 Å². The quantitative estimate of drug-likeness (QED) is 0.795. The van der Waals surface area contributed by atoms with Crippen LogP contribution in [-0.4, -0.2) is 64.3 Å². The van der Waals surface area contributed by atoms with E-state index in [0.717, 1.165) is 63.5 Å². The zero-order valence-electron chi connectivity index (χ0n) is 17.9. The summed E-state index contributed by atoms with van der Waals surface area (Å²) in [5, 5.41) is 2.70. The van der Waals surface area contributed by atoms with E-state index in [9.17, 15) is 4.79 Å². The number of ether oxygens (including phenoxy) is 2. The summed E-state index contributed by atoms with van der Waals surface area (Å²) in [5.74, 6) is 0.864. The number of carbonyl (C=O) groups is 1. The minimum atomic E-state index is -0.0319. The molecule has 0 spiro atoms. The molecule has 2 aromatic carbocycles. The van der Waals surface area contributed by atoms with E-state index in [1.165, 1.54) is 16.8 Å². The highest BCUT2D eigenvalue weighted by molar-refractivity contribution is 5.94. The van der Waals surface area contributed by atoms with Crippen LogP contribution in [0.4, 0.5) is 5.69 Å². The Morgan fingerprint density at radius 1 is 1.13 bits per heavy atom. The Kier molecular flexibility index (Phi) is 6.55. The first-order valence-corrected chi connectivity index (χ1v) is 10.8. The Hall–Kier alpha value is -2.57. The number of fused-ring (bicyclic) bond motifs is 1. The average Bonchev–Trinajstić information content (AvgIpc) is 2.82. The normalized spacial score (nSPS) is 19.3. The predicted molar refractivity (Wildman–Crippen MR) is 118 cm³/mol. The maximum Gasteiger partial charge on any atom is 0.251 e. The van der Waals surface area contributed by atoms with E-state index in [1.807, 2.05) is 24.3 Å². The molecule has 1 atom stereocenters. The molecule has 2 aliphatic heterocycles. The summed E-state index contributed by atoms with van der Waals surface area (Å²) in [4.78, 5) is 16.9. The van der Waals surface area contributed by atoms with Crippen molar-refractivity contribution in [3.05, 3.63) is 59.2 Å². The van der Waals surface area contributed by atoms with Crippen molar-refractivity contribution in [2.75, 3.05) is 58.4 Å². The number of nitrogens with one attached hydrogen (secondary N) is 1. The minimum Gasteiger partial charge on any atom is -0.497 e. The molecule has 1 N–H and O–H groups in total. The van der Waals surface area contributed by atoms with Crippen LogP contribution in [0.2, 0.25) is 0 Å². The Balaban J connectivity index is 1.30. The van der Waals surface area contributed by atoms with Crippen molar-refractivity contribution in [3.63, 3.8) is 0 Å². The second-order valence-electron chi connectivity index (χ2n) is 7.92. The van der Waals surface area contributed by atoms with E-state index in [1.54, 1.807) is 14.2 Å². The number of rotatable bonds is 6. The SMILES string of the molecule is CNC(=O)c1ccc2c(c1)CCOC2CCN1CCN(c2ccc(OC)cc2)CC1. The van der Waals surface area contributed by atoms with Gasteiger partial charge in [0, 0.05) is 51.0 Å². The number of carbonyl (C=O) groups excluding carboxylic acids is 1. The van der Waals surface area contributed by atoms with Crippen LogP contribution in [0, 0.1) is 0 Å². The van der Waals surface area contributed by atoms with Gasteiger partial charge in [-0.15, -0.1) is 0 Å². The molecule has 1 unspecified atom stereocenters. The lowest BCUT2D eigenvalue weighted by atomic mass is 9.93. The molecular formula is C24H31N3O3. The summed E-state index contributed by atoms with van der Waals surface area (Å²) >= 11 is 0. The number of nitrogens with zero attached hydrogens (tertiary/aromatic N) is 2. The number of methoxy groups -OCH3 is 1. The maximum absolute atomic E-state index is 11.9. The first-order chi connectivity index (χ1) is 14.7. The van der Waals surface area contributed by atoms with Gasteiger partial charge in [0.25, 0.3) is 5.91 Å². The van der Waals surface area contributed by atoms with Gasteiger partial charge in [-0.25, -0.2) is 0 Å². The number of amides is 1. The molecule has 0 aromatic heterocycles. The van der Waals surface area contributed by atoms with Gasteiger partial charge in [-0.1, -0.05) is 6.07 Å². The molecule has 2 heterocycles. The molecule has 0 aliphatic carbocycles. The van der Waals surface area contributed by atoms with E-state index in [2.05, 4.69) is 33.3 Å². The fraction of sp³-hybridized carbons (Fsp3) is 0.458. The van der Waals surface area contributed by atoms with E-state index in [0.29, 0.717) is 0 Å². The van der Waals surface area contributed by atoms with Crippen molar-refractivity contribution in [2.45, 2.75) is 18.9 Å². The third-order valence-corrected chi connectivity index (χ3v) is 6.19. The first-order valence-electron chi connectivity index (χ1n) is 10.8. The molecule has 2 aliphatic rings. The number of hydrogen-bond donors (Lipinski definition) is 1. The molecule has 1 fully saturated rings. The van der Waals surface area contributed by atoms with Crippen molar-refractivity contribution in [3.8, 4) is 5.75 Å². The fourth-order valence-corrected chi connectivity index (χ4v) is 4.38. The Morgan fingerprint density at radius 2 is 1.90 bits per heavy atom. The Labute approximate surface area is 178 Å². The van der Waals surface area contributed by atoms with Gasteiger partial charge in [0.05, 0.1) is 19.8 Å². The van der Waals surface area contributed by atoms with Crippen LogP contribution >= 0.6 is 0 Å². The van der Waals surface area contributed by atoms with Crippen LogP contribution in [0.15, 0.2) is 42.5 Å². The van der Waals surface area contributed by atoms with E-state index >= 15 is 0 Å². The topological polar surface area (TPSA) is 54.0 Å². The molecule has 6 heteroatoms. The summed E-state index contributed by atoms with van der Waals surface area (Å²) in [6.07, 6.45) is 1.97. The molecule has 160 valence electrons. The highest BCUT2D eigenvalue weighted by Gasteiger charge is 2.24. The van der Waals surface area contributed by atoms with Crippen molar-refractivity contribution in [1.29, 1.82) is 0 Å². The molecule has 2 aromatic rings. The lowest BCUT2D eigenvalue weighted by Gasteiger charge is -2.37. The Bertz CT molecular complexity index is 860. The summed E-state index contributed by atoms with van der Waals surface area (Å²) < 4.78 is 11.3. The van der Waals surface area contributed by atoms with Crippen molar-refractivity contribution >= 4 is 11.6 Å². The molecule has 0 bridgehead atoms. The summed E-state index contributed by atoms with van der Waals surface area (Å²) in [6, 6.07) is 14.3. The smallest absolute Gasteiger partial charge is 0.251 e. The van der Waals surface area contributed by atoms with Gasteiger partial charge in [-0.3, -0.25) is 9.69 Å². The second-order valence-corrected chi connectivity index (χ2v) is 7.92. The monoisotopic (exact) mass is 409 g/mol. The predicted octanol–water partition coefficient (Wildman–Crippen LogP) is 2.88. The van der Waals surface area contributed by atoms with Gasteiger partial charge in [-0.2, -0.15) is 0 Å². The maximum atomic E-state index is 11.9. The molecule has 0 radical (unpaired) electrons. The van der Waals surface area contributed by atoms with Gasteiger partial charge in [0.15, 0.2) is 0 Å². The van der Waals surface area contributed by atoms with Crippen molar-refractivity contribution in [2.24, 2.45) is 0 Å². The largest absolute Gasteiger partial charge is 0.497 e.